The number of nitrogens with two attached hydrogens (primary N) is 1. The van der Waals surface area contributed by atoms with Crippen molar-refractivity contribution in [2.24, 2.45) is 68.3 Å². The van der Waals surface area contributed by atoms with E-state index in [2.05, 4.69) is 84.0 Å². The average molecular weight is 697 g/mol. The quantitative estimate of drug-likeness (QED) is 0.245. The standard InChI is InChI=1S/C39H64N6O5/c1-22(2)24(5)34(7)16-17-36(9)26-12-13-29-35(8)19-49-21-39(29,27(26)14-15-37(36,10)30(34)32(47)48)18-28(31(35)50-20-38(11,40)23(3)4)45-43-33(42-44-45)41-25(6)46/h14,22-24,26,28-31H,12-13,15-21,40H2,1-11H3,(H,47,48)(H,41,43,46)/t24-,26+,28-,29+,30-,31+,34-,35+,36-,37+,38+,39+/m1/s1. The SMILES string of the molecule is CC(=O)Nc1nnn([C@@H]2C[C@@]34COC[C@@](C)([C@@H]3CC[C@H]3C4=CC[C@@]4(C)[C@H](C(=O)O)[C@@](C)([C@H](C)C(C)C)CC[C@]34C)[C@H]2OC[C@](C)(N)C(C)C)n1. The van der Waals surface area contributed by atoms with E-state index in [1.807, 2.05) is 6.92 Å². The Morgan fingerprint density at radius 3 is 2.44 bits per heavy atom. The molecular weight excluding hydrogens is 632 g/mol. The van der Waals surface area contributed by atoms with Gasteiger partial charge in [-0.2, -0.15) is 4.80 Å². The smallest absolute Gasteiger partial charge is 0.307 e. The summed E-state index contributed by atoms with van der Waals surface area (Å²) >= 11 is 0. The summed E-state index contributed by atoms with van der Waals surface area (Å²) in [6, 6.07) is -0.271. The highest BCUT2D eigenvalue weighted by molar-refractivity contribution is 5.86. The van der Waals surface area contributed by atoms with E-state index in [0.717, 1.165) is 32.1 Å². The van der Waals surface area contributed by atoms with E-state index in [0.29, 0.717) is 38.1 Å². The Labute approximate surface area is 299 Å². The summed E-state index contributed by atoms with van der Waals surface area (Å²) in [7, 11) is 0. The summed E-state index contributed by atoms with van der Waals surface area (Å²) in [6.45, 7) is 25.3. The van der Waals surface area contributed by atoms with E-state index in [1.54, 1.807) is 4.80 Å². The normalized spacial score (nSPS) is 42.8. The second kappa shape index (κ2) is 12.4. The molecule has 1 aliphatic heterocycles. The third kappa shape index (κ3) is 5.33. The zero-order valence-corrected chi connectivity index (χ0v) is 32.5. The number of carboxylic acids is 1. The molecule has 50 heavy (non-hydrogen) atoms. The number of rotatable bonds is 9. The molecule has 1 amide bonds. The Hall–Kier alpha value is -2.37. The van der Waals surface area contributed by atoms with Crippen molar-refractivity contribution in [3.63, 3.8) is 0 Å². The van der Waals surface area contributed by atoms with Gasteiger partial charge < -0.3 is 20.3 Å². The van der Waals surface area contributed by atoms with Gasteiger partial charge in [-0.25, -0.2) is 0 Å². The molecule has 2 heterocycles. The lowest BCUT2D eigenvalue weighted by Gasteiger charge is -2.71. The van der Waals surface area contributed by atoms with Crippen LogP contribution in [0.5, 0.6) is 0 Å². The lowest BCUT2D eigenvalue weighted by molar-refractivity contribution is -0.253. The molecule has 1 aromatic rings. The molecule has 1 saturated heterocycles. The number of hydrogen-bond acceptors (Lipinski definition) is 8. The number of fused-ring (bicyclic) bond motifs is 3. The Kier molecular flexibility index (Phi) is 9.24. The molecule has 1 aromatic heterocycles. The van der Waals surface area contributed by atoms with Gasteiger partial charge in [-0.3, -0.25) is 14.9 Å². The monoisotopic (exact) mass is 696 g/mol. The van der Waals surface area contributed by atoms with Gasteiger partial charge in [-0.15, -0.1) is 5.10 Å². The minimum absolute atomic E-state index is 0.176. The van der Waals surface area contributed by atoms with Gasteiger partial charge in [0, 0.05) is 23.3 Å². The largest absolute Gasteiger partial charge is 0.481 e. The number of aliphatic carboxylic acids is 1. The number of hydrogen-bond donors (Lipinski definition) is 3. The van der Waals surface area contributed by atoms with Gasteiger partial charge in [-0.1, -0.05) is 79.1 Å². The molecule has 2 bridgehead atoms. The van der Waals surface area contributed by atoms with Gasteiger partial charge in [0.15, 0.2) is 0 Å². The maximum absolute atomic E-state index is 13.5. The van der Waals surface area contributed by atoms with Crippen molar-refractivity contribution in [2.75, 3.05) is 25.1 Å². The molecule has 11 nitrogen and oxygen atoms in total. The number of amides is 1. The topological polar surface area (TPSA) is 154 Å². The van der Waals surface area contributed by atoms with Crippen LogP contribution in [0, 0.1) is 62.6 Å². The van der Waals surface area contributed by atoms with E-state index in [1.165, 1.54) is 12.5 Å². The summed E-state index contributed by atoms with van der Waals surface area (Å²) in [5, 5.41) is 27.2. The van der Waals surface area contributed by atoms with Crippen LogP contribution in [0.3, 0.4) is 0 Å². The van der Waals surface area contributed by atoms with Gasteiger partial charge in [0.05, 0.1) is 31.8 Å². The third-order valence-corrected chi connectivity index (χ3v) is 16.0. The number of aromatic nitrogens is 4. The zero-order chi connectivity index (χ0) is 36.8. The van der Waals surface area contributed by atoms with Crippen LogP contribution in [0.2, 0.25) is 0 Å². The fourth-order valence-corrected chi connectivity index (χ4v) is 12.1. The van der Waals surface area contributed by atoms with Crippen LogP contribution < -0.4 is 11.1 Å². The second-order valence-corrected chi connectivity index (χ2v) is 19.1. The molecule has 5 aliphatic rings. The Balaban J connectivity index is 1.45. The van der Waals surface area contributed by atoms with Gasteiger partial charge in [0.1, 0.15) is 6.04 Å². The first-order valence-electron chi connectivity index (χ1n) is 19.2. The van der Waals surface area contributed by atoms with Crippen LogP contribution in [0.25, 0.3) is 0 Å². The van der Waals surface area contributed by atoms with Crippen molar-refractivity contribution in [2.45, 2.75) is 132 Å². The molecule has 12 atom stereocenters. The van der Waals surface area contributed by atoms with E-state index in [-0.39, 0.29) is 63.4 Å². The lowest BCUT2D eigenvalue weighted by atomic mass is 9.34. The molecule has 0 unspecified atom stereocenters. The number of allylic oxidation sites excluding steroid dienone is 1. The van der Waals surface area contributed by atoms with Crippen molar-refractivity contribution < 1.29 is 24.2 Å². The summed E-state index contributed by atoms with van der Waals surface area (Å²) in [5.41, 5.74) is 6.16. The van der Waals surface area contributed by atoms with E-state index in [4.69, 9.17) is 20.3 Å². The lowest BCUT2D eigenvalue weighted by Crippen LogP contribution is -2.69. The molecule has 3 saturated carbocycles. The number of carbonyl (C=O) groups excluding carboxylic acids is 1. The highest BCUT2D eigenvalue weighted by atomic mass is 16.5. The molecular formula is C39H64N6O5. The average Bonchev–Trinajstić information content (AvgIpc) is 3.47. The number of nitrogens with one attached hydrogen (secondary N) is 1. The molecule has 0 aromatic carbocycles. The molecule has 11 heteroatoms. The van der Waals surface area contributed by atoms with Crippen LogP contribution in [0.15, 0.2) is 11.6 Å². The second-order valence-electron chi connectivity index (χ2n) is 19.1. The van der Waals surface area contributed by atoms with Crippen molar-refractivity contribution in [3.8, 4) is 0 Å². The van der Waals surface area contributed by atoms with E-state index < -0.39 is 22.8 Å². The predicted molar refractivity (Wildman–Crippen MR) is 192 cm³/mol. The Morgan fingerprint density at radius 1 is 1.12 bits per heavy atom. The number of ether oxygens (including phenoxy) is 2. The summed E-state index contributed by atoms with van der Waals surface area (Å²) in [6.07, 6.45) is 7.55. The van der Waals surface area contributed by atoms with Gasteiger partial charge >= 0.3 is 5.97 Å². The van der Waals surface area contributed by atoms with Gasteiger partial charge in [-0.05, 0) is 96.5 Å². The van der Waals surface area contributed by atoms with Crippen LogP contribution in [0.4, 0.5) is 5.95 Å². The number of nitrogens with zero attached hydrogens (tertiary/aromatic N) is 4. The molecule has 0 radical (unpaired) electrons. The summed E-state index contributed by atoms with van der Waals surface area (Å²) in [4.78, 5) is 27.0. The van der Waals surface area contributed by atoms with Crippen LogP contribution in [0.1, 0.15) is 121 Å². The van der Waals surface area contributed by atoms with E-state index >= 15 is 0 Å². The first-order valence-corrected chi connectivity index (χ1v) is 19.2. The molecule has 280 valence electrons. The molecule has 4 fully saturated rings. The van der Waals surface area contributed by atoms with Crippen molar-refractivity contribution in [1.82, 2.24) is 20.2 Å². The highest BCUT2D eigenvalue weighted by Crippen LogP contribution is 2.75. The zero-order valence-electron chi connectivity index (χ0n) is 32.5. The van der Waals surface area contributed by atoms with Crippen LogP contribution in [-0.2, 0) is 19.1 Å². The third-order valence-electron chi connectivity index (χ3n) is 16.0. The van der Waals surface area contributed by atoms with Crippen molar-refractivity contribution in [1.29, 1.82) is 0 Å². The number of carboxylic acid groups (broad SMARTS) is 1. The predicted octanol–water partition coefficient (Wildman–Crippen LogP) is 6.52. The highest BCUT2D eigenvalue weighted by Gasteiger charge is 2.72. The summed E-state index contributed by atoms with van der Waals surface area (Å²) in [5.74, 6) is 0.278. The van der Waals surface area contributed by atoms with Gasteiger partial charge in [0.2, 0.25) is 5.91 Å². The molecule has 0 spiro atoms. The number of carbonyl (C=O) groups is 2. The maximum Gasteiger partial charge on any atom is 0.307 e. The van der Waals surface area contributed by atoms with Gasteiger partial charge in [0.25, 0.3) is 5.95 Å². The van der Waals surface area contributed by atoms with E-state index in [9.17, 15) is 14.7 Å². The summed E-state index contributed by atoms with van der Waals surface area (Å²) < 4.78 is 13.6. The fraction of sp³-hybridized carbons (Fsp3) is 0.872. The van der Waals surface area contributed by atoms with Crippen molar-refractivity contribution in [3.05, 3.63) is 11.6 Å². The molecule has 4 N–H and O–H groups in total. The van der Waals surface area contributed by atoms with Crippen LogP contribution in [-0.4, -0.2) is 68.7 Å². The first-order chi connectivity index (χ1) is 23.2. The molecule has 4 aliphatic carbocycles. The maximum atomic E-state index is 13.5. The van der Waals surface area contributed by atoms with Crippen molar-refractivity contribution >= 4 is 17.8 Å². The minimum atomic E-state index is -0.649. The minimum Gasteiger partial charge on any atom is -0.481 e. The molecule has 6 rings (SSSR count). The number of anilines is 1. The fourth-order valence-electron chi connectivity index (χ4n) is 12.1. The van der Waals surface area contributed by atoms with Crippen LogP contribution >= 0.6 is 0 Å². The first kappa shape index (κ1) is 37.4. The number of tetrazole rings is 1. The Bertz CT molecular complexity index is 1520. The Morgan fingerprint density at radius 2 is 1.82 bits per heavy atom.